The zero-order valence-electron chi connectivity index (χ0n) is 6.01. The van der Waals surface area contributed by atoms with Gasteiger partial charge in [-0.2, -0.15) is 0 Å². The third-order valence-electron chi connectivity index (χ3n) is 1.18. The molecular weight excluding hydrogens is 215 g/mol. The lowest BCUT2D eigenvalue weighted by molar-refractivity contribution is 0.560. The van der Waals surface area contributed by atoms with Crippen LogP contribution in [-0.2, 0) is 4.79 Å². The predicted molar refractivity (Wildman–Crippen MR) is 52.9 cm³/mol. The highest BCUT2D eigenvalue weighted by molar-refractivity contribution is 8.00. The minimum absolute atomic E-state index is 0.293. The Balaban J connectivity index is 2.78. The van der Waals surface area contributed by atoms with Crippen LogP contribution in [0, 0.1) is 0 Å². The lowest BCUT2D eigenvalue weighted by Crippen LogP contribution is -1.79. The van der Waals surface area contributed by atoms with Crippen LogP contribution in [0.3, 0.4) is 0 Å². The van der Waals surface area contributed by atoms with Gasteiger partial charge < -0.3 is 0 Å². The number of carbonyl (C=O) groups excluding carboxylic acids is 1. The highest BCUT2D eigenvalue weighted by atomic mass is 35.5. The summed E-state index contributed by atoms with van der Waals surface area (Å²) in [7, 11) is 0. The Kier molecular flexibility index (Phi) is 3.92. The molecule has 4 heteroatoms. The van der Waals surface area contributed by atoms with Crippen molar-refractivity contribution < 1.29 is 4.79 Å². The molecule has 0 aliphatic rings. The first-order valence-corrected chi connectivity index (χ1v) is 4.91. The first-order chi connectivity index (χ1) is 5.74. The van der Waals surface area contributed by atoms with Crippen molar-refractivity contribution >= 4 is 41.2 Å². The molecule has 63 valence electrons. The minimum atomic E-state index is 0.293. The van der Waals surface area contributed by atoms with Crippen molar-refractivity contribution in [2.45, 2.75) is 4.90 Å². The molecule has 0 aliphatic heterocycles. The molecule has 0 heterocycles. The summed E-state index contributed by atoms with van der Waals surface area (Å²) in [6.45, 7) is 0. The highest BCUT2D eigenvalue weighted by Gasteiger charge is 2.00. The summed E-state index contributed by atoms with van der Waals surface area (Å²) in [6.07, 6.45) is 1.78. The molecule has 12 heavy (non-hydrogen) atoms. The first-order valence-electron chi connectivity index (χ1n) is 3.17. The van der Waals surface area contributed by atoms with Gasteiger partial charge in [-0.05, 0) is 18.2 Å². The molecule has 0 saturated heterocycles. The molecule has 0 unspecified atom stereocenters. The molecule has 0 fully saturated rings. The van der Waals surface area contributed by atoms with Gasteiger partial charge in [0.2, 0.25) is 6.29 Å². The standard InChI is InChI=1S/C8H5Cl2OS/c9-6-1-2-8(7(10)5-6)12-4-3-11/h1-2,5H,4H2. The monoisotopic (exact) mass is 219 g/mol. The van der Waals surface area contributed by atoms with E-state index in [-0.39, 0.29) is 0 Å². The summed E-state index contributed by atoms with van der Waals surface area (Å²) in [4.78, 5) is 10.8. The number of benzene rings is 1. The highest BCUT2D eigenvalue weighted by Crippen LogP contribution is 2.28. The normalized spacial score (nSPS) is 9.83. The summed E-state index contributed by atoms with van der Waals surface area (Å²) in [5, 5.41) is 1.17. The van der Waals surface area contributed by atoms with E-state index in [0.29, 0.717) is 15.8 Å². The quantitative estimate of drug-likeness (QED) is 0.727. The van der Waals surface area contributed by atoms with Gasteiger partial charge in [-0.1, -0.05) is 23.2 Å². The molecular formula is C8H5Cl2OS. The van der Waals surface area contributed by atoms with E-state index in [1.165, 1.54) is 11.8 Å². The predicted octanol–water partition coefficient (Wildman–Crippen LogP) is 3.20. The maximum absolute atomic E-state index is 9.94. The molecule has 1 rings (SSSR count). The Morgan fingerprint density at radius 1 is 1.42 bits per heavy atom. The topological polar surface area (TPSA) is 17.1 Å². The van der Waals surface area contributed by atoms with Crippen molar-refractivity contribution in [1.29, 1.82) is 0 Å². The number of hydrogen-bond donors (Lipinski definition) is 0. The van der Waals surface area contributed by atoms with Crippen LogP contribution in [0.2, 0.25) is 10.0 Å². The molecule has 0 saturated carbocycles. The Morgan fingerprint density at radius 3 is 2.75 bits per heavy atom. The third-order valence-corrected chi connectivity index (χ3v) is 2.77. The van der Waals surface area contributed by atoms with Gasteiger partial charge in [0.15, 0.2) is 0 Å². The van der Waals surface area contributed by atoms with Crippen molar-refractivity contribution in [3.63, 3.8) is 0 Å². The largest absolute Gasteiger partial charge is 0.290 e. The Hall–Kier alpha value is -0.180. The summed E-state index contributed by atoms with van der Waals surface area (Å²) >= 11 is 12.9. The zero-order chi connectivity index (χ0) is 8.97. The fourth-order valence-electron chi connectivity index (χ4n) is 0.699. The molecule has 0 aromatic heterocycles. The molecule has 0 bridgehead atoms. The van der Waals surface area contributed by atoms with E-state index in [4.69, 9.17) is 23.2 Å². The van der Waals surface area contributed by atoms with Gasteiger partial charge in [0.05, 0.1) is 10.8 Å². The van der Waals surface area contributed by atoms with Crippen LogP contribution in [0.25, 0.3) is 0 Å². The van der Waals surface area contributed by atoms with Crippen LogP contribution < -0.4 is 0 Å². The number of halogens is 2. The van der Waals surface area contributed by atoms with Crippen LogP contribution in [0.4, 0.5) is 0 Å². The second kappa shape index (κ2) is 4.75. The molecule has 1 radical (unpaired) electrons. The molecule has 1 nitrogen and oxygen atoms in total. The van der Waals surface area contributed by atoms with Gasteiger partial charge in [-0.3, -0.25) is 4.79 Å². The molecule has 0 N–H and O–H groups in total. The molecule has 0 aliphatic carbocycles. The van der Waals surface area contributed by atoms with E-state index in [0.717, 1.165) is 4.90 Å². The van der Waals surface area contributed by atoms with Crippen LogP contribution in [0.15, 0.2) is 23.1 Å². The van der Waals surface area contributed by atoms with Gasteiger partial charge in [0.25, 0.3) is 0 Å². The van der Waals surface area contributed by atoms with Crippen molar-refractivity contribution in [1.82, 2.24) is 0 Å². The van der Waals surface area contributed by atoms with Crippen molar-refractivity contribution in [3.8, 4) is 0 Å². The summed E-state index contributed by atoms with van der Waals surface area (Å²) < 4.78 is 0. The summed E-state index contributed by atoms with van der Waals surface area (Å²) in [5.41, 5.74) is 0. The summed E-state index contributed by atoms with van der Waals surface area (Å²) in [6, 6.07) is 5.17. The Morgan fingerprint density at radius 2 is 2.17 bits per heavy atom. The number of rotatable bonds is 3. The first kappa shape index (κ1) is 9.90. The Labute approximate surface area is 85.1 Å². The molecule has 1 aromatic rings. The second-order valence-electron chi connectivity index (χ2n) is 2.01. The number of hydrogen-bond acceptors (Lipinski definition) is 2. The van der Waals surface area contributed by atoms with Crippen LogP contribution >= 0.6 is 35.0 Å². The van der Waals surface area contributed by atoms with E-state index >= 15 is 0 Å². The molecule has 0 amide bonds. The zero-order valence-corrected chi connectivity index (χ0v) is 8.34. The molecule has 0 atom stereocenters. The fraction of sp³-hybridized carbons (Fsp3) is 0.125. The van der Waals surface area contributed by atoms with Gasteiger partial charge in [0.1, 0.15) is 0 Å². The lowest BCUT2D eigenvalue weighted by Gasteiger charge is -2.00. The van der Waals surface area contributed by atoms with E-state index < -0.39 is 0 Å². The molecule has 1 aromatic carbocycles. The van der Waals surface area contributed by atoms with Crippen molar-refractivity contribution in [2.24, 2.45) is 0 Å². The van der Waals surface area contributed by atoms with Gasteiger partial charge in [0, 0.05) is 9.92 Å². The minimum Gasteiger partial charge on any atom is -0.290 e. The fourth-order valence-corrected chi connectivity index (χ4v) is 1.85. The van der Waals surface area contributed by atoms with Gasteiger partial charge in [-0.15, -0.1) is 11.8 Å². The van der Waals surface area contributed by atoms with E-state index in [2.05, 4.69) is 0 Å². The molecule has 0 spiro atoms. The lowest BCUT2D eigenvalue weighted by atomic mass is 10.4. The average Bonchev–Trinajstić information content (AvgIpc) is 2.03. The van der Waals surface area contributed by atoms with E-state index in [1.807, 2.05) is 0 Å². The third kappa shape index (κ3) is 2.70. The maximum Gasteiger partial charge on any atom is 0.209 e. The second-order valence-corrected chi connectivity index (χ2v) is 3.87. The van der Waals surface area contributed by atoms with Crippen LogP contribution in [-0.4, -0.2) is 12.0 Å². The summed E-state index contributed by atoms with van der Waals surface area (Å²) in [5.74, 6) is 0.293. The van der Waals surface area contributed by atoms with Crippen LogP contribution in [0.1, 0.15) is 0 Å². The maximum atomic E-state index is 9.94. The van der Waals surface area contributed by atoms with Gasteiger partial charge in [-0.25, -0.2) is 0 Å². The van der Waals surface area contributed by atoms with E-state index in [1.54, 1.807) is 24.5 Å². The van der Waals surface area contributed by atoms with Gasteiger partial charge >= 0.3 is 0 Å². The van der Waals surface area contributed by atoms with Crippen molar-refractivity contribution in [3.05, 3.63) is 28.2 Å². The average molecular weight is 220 g/mol. The number of thioether (sulfide) groups is 1. The van der Waals surface area contributed by atoms with Crippen molar-refractivity contribution in [2.75, 3.05) is 5.75 Å². The van der Waals surface area contributed by atoms with E-state index in [9.17, 15) is 4.79 Å². The SMILES string of the molecule is O=[C]CSc1ccc(Cl)cc1Cl. The Bertz CT molecular complexity index is 288. The van der Waals surface area contributed by atoms with Crippen LogP contribution in [0.5, 0.6) is 0 Å². The smallest absolute Gasteiger partial charge is 0.209 e.